The number of hydrogen-bond donors (Lipinski definition) is 1. The fourth-order valence-electron chi connectivity index (χ4n) is 2.61. The molecule has 0 aliphatic rings. The molecular weight excluding hydrogens is 326 g/mol. The van der Waals surface area contributed by atoms with Crippen LogP contribution in [-0.4, -0.2) is 27.5 Å². The van der Waals surface area contributed by atoms with Crippen molar-refractivity contribution in [1.82, 2.24) is 15.1 Å². The highest BCUT2D eigenvalue weighted by molar-refractivity contribution is 6.30. The van der Waals surface area contributed by atoms with Gasteiger partial charge in [-0.2, -0.15) is 5.10 Å². The Hall–Kier alpha value is -2.66. The highest BCUT2D eigenvalue weighted by atomic mass is 35.5. The molecule has 1 N–H and O–H groups in total. The number of H-pyrrole nitrogens is 1. The van der Waals surface area contributed by atoms with Crippen LogP contribution in [0.1, 0.15) is 23.0 Å². The lowest BCUT2D eigenvalue weighted by Crippen LogP contribution is -2.32. The van der Waals surface area contributed by atoms with E-state index in [1.807, 2.05) is 25.1 Å². The number of hydrogen-bond acceptors (Lipinski definition) is 3. The van der Waals surface area contributed by atoms with Gasteiger partial charge in [-0.25, -0.2) is 5.10 Å². The average molecular weight is 342 g/mol. The van der Waals surface area contributed by atoms with Crippen molar-refractivity contribution in [3.8, 4) is 0 Å². The molecule has 5 nitrogen and oxygen atoms in total. The van der Waals surface area contributed by atoms with Crippen molar-refractivity contribution >= 4 is 28.3 Å². The third-order valence-electron chi connectivity index (χ3n) is 3.83. The highest BCUT2D eigenvalue weighted by Gasteiger charge is 2.20. The molecule has 0 aliphatic heterocycles. The minimum Gasteiger partial charge on any atom is -0.333 e. The summed E-state index contributed by atoms with van der Waals surface area (Å²) in [7, 11) is 0. The monoisotopic (exact) mass is 341 g/mol. The van der Waals surface area contributed by atoms with Gasteiger partial charge in [0.05, 0.1) is 5.39 Å². The Balaban J connectivity index is 1.98. The van der Waals surface area contributed by atoms with Gasteiger partial charge in [-0.15, -0.1) is 0 Å². The number of halogens is 1. The summed E-state index contributed by atoms with van der Waals surface area (Å²) >= 11 is 6.01. The van der Waals surface area contributed by atoms with Crippen LogP contribution < -0.4 is 5.56 Å². The van der Waals surface area contributed by atoms with Gasteiger partial charge >= 0.3 is 0 Å². The van der Waals surface area contributed by atoms with Crippen molar-refractivity contribution in [2.24, 2.45) is 0 Å². The fourth-order valence-corrected chi connectivity index (χ4v) is 2.82. The number of nitrogens with one attached hydrogen (secondary N) is 1. The van der Waals surface area contributed by atoms with Gasteiger partial charge in [-0.05, 0) is 30.7 Å². The van der Waals surface area contributed by atoms with Crippen LogP contribution in [0.4, 0.5) is 0 Å². The molecule has 1 heterocycles. The van der Waals surface area contributed by atoms with Gasteiger partial charge in [0.15, 0.2) is 5.69 Å². The van der Waals surface area contributed by atoms with Crippen LogP contribution in [0.15, 0.2) is 53.3 Å². The van der Waals surface area contributed by atoms with Crippen LogP contribution in [0.2, 0.25) is 5.02 Å². The number of amides is 1. The van der Waals surface area contributed by atoms with E-state index in [9.17, 15) is 9.59 Å². The Bertz CT molecular complexity index is 952. The second-order valence-corrected chi connectivity index (χ2v) is 5.83. The Kier molecular flexibility index (Phi) is 4.62. The van der Waals surface area contributed by atoms with Crippen molar-refractivity contribution in [2.75, 3.05) is 6.54 Å². The molecule has 0 saturated carbocycles. The number of carbonyl (C=O) groups is 1. The van der Waals surface area contributed by atoms with Crippen LogP contribution in [0.25, 0.3) is 10.8 Å². The number of rotatable bonds is 4. The Labute approximate surface area is 143 Å². The lowest BCUT2D eigenvalue weighted by Gasteiger charge is -2.21. The van der Waals surface area contributed by atoms with Gasteiger partial charge in [0, 0.05) is 23.5 Å². The summed E-state index contributed by atoms with van der Waals surface area (Å²) in [5.74, 6) is -0.232. The zero-order valence-corrected chi connectivity index (χ0v) is 13.9. The standard InChI is InChI=1S/C18H16ClN3O2/c1-2-22(11-12-6-5-7-13(19)10-12)18(24)16-14-8-3-4-9-15(14)17(23)21-20-16/h3-10H,2,11H2,1H3,(H,21,23). The van der Waals surface area contributed by atoms with Gasteiger partial charge in [0.25, 0.3) is 11.5 Å². The number of aromatic nitrogens is 2. The van der Waals surface area contributed by atoms with E-state index in [0.29, 0.717) is 28.9 Å². The molecule has 2 aromatic carbocycles. The van der Waals surface area contributed by atoms with E-state index >= 15 is 0 Å². The van der Waals surface area contributed by atoms with Crippen molar-refractivity contribution in [3.63, 3.8) is 0 Å². The van der Waals surface area contributed by atoms with E-state index in [2.05, 4.69) is 10.2 Å². The molecule has 24 heavy (non-hydrogen) atoms. The SMILES string of the molecule is CCN(Cc1cccc(Cl)c1)C(=O)c1n[nH]c(=O)c2ccccc12. The number of carbonyl (C=O) groups excluding carboxylic acids is 1. The normalized spacial score (nSPS) is 10.8. The minimum absolute atomic E-state index is 0.232. The molecule has 6 heteroatoms. The van der Waals surface area contributed by atoms with Crippen molar-refractivity contribution < 1.29 is 4.79 Å². The molecule has 0 spiro atoms. The van der Waals surface area contributed by atoms with E-state index in [-0.39, 0.29) is 17.2 Å². The third-order valence-corrected chi connectivity index (χ3v) is 4.07. The second-order valence-electron chi connectivity index (χ2n) is 5.40. The van der Waals surface area contributed by atoms with Gasteiger partial charge < -0.3 is 4.90 Å². The summed E-state index contributed by atoms with van der Waals surface area (Å²) in [6.07, 6.45) is 0. The molecule has 0 bridgehead atoms. The molecule has 0 fully saturated rings. The Morgan fingerprint density at radius 1 is 1.17 bits per heavy atom. The number of fused-ring (bicyclic) bond motifs is 1. The number of nitrogens with zero attached hydrogens (tertiary/aromatic N) is 2. The summed E-state index contributed by atoms with van der Waals surface area (Å²) in [4.78, 5) is 26.4. The first kappa shape index (κ1) is 16.2. The summed E-state index contributed by atoms with van der Waals surface area (Å²) < 4.78 is 0. The van der Waals surface area contributed by atoms with Crippen LogP contribution in [0, 0.1) is 0 Å². The molecule has 3 rings (SSSR count). The Morgan fingerprint density at radius 3 is 2.62 bits per heavy atom. The van der Waals surface area contributed by atoms with Crippen molar-refractivity contribution in [3.05, 3.63) is 75.2 Å². The molecule has 1 aromatic heterocycles. The molecule has 0 unspecified atom stereocenters. The molecule has 0 saturated heterocycles. The van der Waals surface area contributed by atoms with Crippen LogP contribution >= 0.6 is 11.6 Å². The van der Waals surface area contributed by atoms with E-state index < -0.39 is 0 Å². The average Bonchev–Trinajstić information content (AvgIpc) is 2.60. The van der Waals surface area contributed by atoms with E-state index in [1.165, 1.54) is 0 Å². The predicted molar refractivity (Wildman–Crippen MR) is 94.2 cm³/mol. The first-order valence-corrected chi connectivity index (χ1v) is 7.99. The van der Waals surface area contributed by atoms with Crippen LogP contribution in [-0.2, 0) is 6.54 Å². The third kappa shape index (κ3) is 3.16. The number of aromatic amines is 1. The zero-order chi connectivity index (χ0) is 17.1. The number of benzene rings is 2. The van der Waals surface area contributed by atoms with Gasteiger partial charge in [0.1, 0.15) is 0 Å². The first-order chi connectivity index (χ1) is 11.6. The molecule has 3 aromatic rings. The van der Waals surface area contributed by atoms with Gasteiger partial charge in [0.2, 0.25) is 0 Å². The van der Waals surface area contributed by atoms with E-state index in [1.54, 1.807) is 35.2 Å². The minimum atomic E-state index is -0.306. The van der Waals surface area contributed by atoms with Crippen LogP contribution in [0.5, 0.6) is 0 Å². The molecule has 122 valence electrons. The lowest BCUT2D eigenvalue weighted by molar-refractivity contribution is 0.0747. The molecular formula is C18H16ClN3O2. The summed E-state index contributed by atoms with van der Waals surface area (Å²) in [6, 6.07) is 14.3. The molecule has 0 aliphatic carbocycles. The van der Waals surface area contributed by atoms with Gasteiger partial charge in [-0.3, -0.25) is 9.59 Å². The van der Waals surface area contributed by atoms with E-state index in [4.69, 9.17) is 11.6 Å². The first-order valence-electron chi connectivity index (χ1n) is 7.61. The van der Waals surface area contributed by atoms with Gasteiger partial charge in [-0.1, -0.05) is 41.9 Å². The van der Waals surface area contributed by atoms with E-state index in [0.717, 1.165) is 5.56 Å². The summed E-state index contributed by atoms with van der Waals surface area (Å²) in [5, 5.41) is 8.01. The maximum Gasteiger partial charge on any atom is 0.275 e. The van der Waals surface area contributed by atoms with Crippen molar-refractivity contribution in [1.29, 1.82) is 0 Å². The molecule has 0 atom stereocenters. The highest BCUT2D eigenvalue weighted by Crippen LogP contribution is 2.17. The molecule has 0 radical (unpaired) electrons. The summed E-state index contributed by atoms with van der Waals surface area (Å²) in [5.41, 5.74) is 0.876. The van der Waals surface area contributed by atoms with Crippen LogP contribution in [0.3, 0.4) is 0 Å². The maximum atomic E-state index is 12.9. The smallest absolute Gasteiger partial charge is 0.275 e. The largest absolute Gasteiger partial charge is 0.333 e. The summed E-state index contributed by atoms with van der Waals surface area (Å²) in [6.45, 7) is 2.84. The Morgan fingerprint density at radius 2 is 1.92 bits per heavy atom. The zero-order valence-electron chi connectivity index (χ0n) is 13.1. The maximum absolute atomic E-state index is 12.9. The fraction of sp³-hybridized carbons (Fsp3) is 0.167. The lowest BCUT2D eigenvalue weighted by atomic mass is 10.1. The topological polar surface area (TPSA) is 66.1 Å². The predicted octanol–water partition coefficient (Wildman–Crippen LogP) is 3.24. The van der Waals surface area contributed by atoms with Crippen molar-refractivity contribution in [2.45, 2.75) is 13.5 Å². The quantitative estimate of drug-likeness (QED) is 0.792. The second kappa shape index (κ2) is 6.84. The molecule has 1 amide bonds.